The average Bonchev–Trinajstić information content (AvgIpc) is 2.34. The van der Waals surface area contributed by atoms with Gasteiger partial charge < -0.3 is 20.5 Å². The van der Waals surface area contributed by atoms with Crippen LogP contribution in [0.15, 0.2) is 18.2 Å². The summed E-state index contributed by atoms with van der Waals surface area (Å²) in [6, 6.07) is 7.29. The summed E-state index contributed by atoms with van der Waals surface area (Å²) in [5.41, 5.74) is 7.78. The molecule has 0 radical (unpaired) electrons. The van der Waals surface area contributed by atoms with Crippen molar-refractivity contribution in [1.82, 2.24) is 0 Å². The molecule has 0 saturated carbocycles. The summed E-state index contributed by atoms with van der Waals surface area (Å²) in [7, 11) is 0. The van der Waals surface area contributed by atoms with E-state index >= 15 is 0 Å². The van der Waals surface area contributed by atoms with Crippen LogP contribution in [0.5, 0.6) is 0 Å². The smallest absolute Gasteiger partial charge is 0.162 e. The Hall–Kier alpha value is -1.77. The lowest BCUT2D eigenvalue weighted by Gasteiger charge is -2.35. The number of anilines is 2. The van der Waals surface area contributed by atoms with E-state index < -0.39 is 5.79 Å². The summed E-state index contributed by atoms with van der Waals surface area (Å²) in [6.07, 6.45) is 0. The molecule has 0 atom stereocenters. The Bertz CT molecular complexity index is 470. The Morgan fingerprint density at radius 2 is 2.06 bits per heavy atom. The summed E-state index contributed by atoms with van der Waals surface area (Å²) in [5.74, 6) is -0.519. The minimum Gasteiger partial charge on any atom is -0.397 e. The van der Waals surface area contributed by atoms with Crippen molar-refractivity contribution >= 4 is 11.4 Å². The number of nitriles is 1. The molecule has 0 bridgehead atoms. The summed E-state index contributed by atoms with van der Waals surface area (Å²) < 4.78 is 11.1. The Morgan fingerprint density at radius 1 is 1.39 bits per heavy atom. The quantitative estimate of drug-likeness (QED) is 0.777. The molecular formula is C13H17N3O2. The highest BCUT2D eigenvalue weighted by molar-refractivity contribution is 5.68. The molecule has 5 heteroatoms. The molecule has 0 unspecified atom stereocenters. The molecule has 0 aliphatic carbocycles. The van der Waals surface area contributed by atoms with Crippen LogP contribution in [0.2, 0.25) is 0 Å². The number of nitrogen functional groups attached to an aromatic ring is 1. The second-order valence-corrected chi connectivity index (χ2v) is 4.78. The largest absolute Gasteiger partial charge is 0.397 e. The summed E-state index contributed by atoms with van der Waals surface area (Å²) in [6.45, 7) is 4.90. The Labute approximate surface area is 106 Å². The maximum Gasteiger partial charge on any atom is 0.162 e. The second-order valence-electron chi connectivity index (χ2n) is 4.78. The lowest BCUT2D eigenvalue weighted by molar-refractivity contribution is -0.247. The van der Waals surface area contributed by atoms with Crippen molar-refractivity contribution < 1.29 is 9.47 Å². The molecule has 1 fully saturated rings. The highest BCUT2D eigenvalue weighted by atomic mass is 16.7. The molecule has 1 aromatic carbocycles. The number of nitrogens with one attached hydrogen (secondary N) is 1. The first-order valence-corrected chi connectivity index (χ1v) is 5.84. The molecule has 0 spiro atoms. The summed E-state index contributed by atoms with van der Waals surface area (Å²) in [4.78, 5) is 0. The van der Waals surface area contributed by atoms with E-state index in [1.54, 1.807) is 18.2 Å². The van der Waals surface area contributed by atoms with Crippen LogP contribution in [0.4, 0.5) is 11.4 Å². The van der Waals surface area contributed by atoms with E-state index in [1.165, 1.54) is 0 Å². The van der Waals surface area contributed by atoms with Crippen molar-refractivity contribution in [1.29, 1.82) is 5.26 Å². The Balaban J connectivity index is 2.01. The van der Waals surface area contributed by atoms with Crippen LogP contribution in [0, 0.1) is 11.3 Å². The predicted octanol–water partition coefficient (Wildman–Crippen LogP) is 1.70. The number of hydrogen-bond donors (Lipinski definition) is 2. The van der Waals surface area contributed by atoms with Crippen LogP contribution in [-0.4, -0.2) is 25.0 Å². The topological polar surface area (TPSA) is 80.3 Å². The molecule has 0 aromatic heterocycles. The standard InChI is InChI=1S/C13H17N3O2/c1-13(2)17-7-10(8-18-13)16-12-4-3-9(6-14)5-11(12)15/h3-5,10,16H,7-8,15H2,1-2H3. The maximum atomic E-state index is 8.77. The third kappa shape index (κ3) is 2.92. The van der Waals surface area contributed by atoms with Crippen LogP contribution in [0.1, 0.15) is 19.4 Å². The molecule has 1 aliphatic heterocycles. The van der Waals surface area contributed by atoms with E-state index in [0.29, 0.717) is 24.5 Å². The van der Waals surface area contributed by atoms with Gasteiger partial charge in [0.2, 0.25) is 0 Å². The van der Waals surface area contributed by atoms with E-state index in [2.05, 4.69) is 11.4 Å². The van der Waals surface area contributed by atoms with Gasteiger partial charge in [-0.25, -0.2) is 0 Å². The number of nitrogens with zero attached hydrogens (tertiary/aromatic N) is 1. The van der Waals surface area contributed by atoms with Crippen LogP contribution in [0.25, 0.3) is 0 Å². The van der Waals surface area contributed by atoms with E-state index in [-0.39, 0.29) is 6.04 Å². The molecule has 3 N–H and O–H groups in total. The van der Waals surface area contributed by atoms with E-state index in [1.807, 2.05) is 13.8 Å². The Morgan fingerprint density at radius 3 is 2.61 bits per heavy atom. The van der Waals surface area contributed by atoms with Gasteiger partial charge in [-0.1, -0.05) is 0 Å². The molecular weight excluding hydrogens is 230 g/mol. The third-order valence-electron chi connectivity index (χ3n) is 2.80. The lowest BCUT2D eigenvalue weighted by Crippen LogP contribution is -2.45. The minimum atomic E-state index is -0.519. The van der Waals surface area contributed by atoms with Crippen molar-refractivity contribution in [2.24, 2.45) is 0 Å². The van der Waals surface area contributed by atoms with Gasteiger partial charge in [0.15, 0.2) is 5.79 Å². The summed E-state index contributed by atoms with van der Waals surface area (Å²) >= 11 is 0. The predicted molar refractivity (Wildman–Crippen MR) is 69.0 cm³/mol. The van der Waals surface area contributed by atoms with Gasteiger partial charge in [-0.3, -0.25) is 0 Å². The van der Waals surface area contributed by atoms with Crippen LogP contribution in [0.3, 0.4) is 0 Å². The minimum absolute atomic E-state index is 0.0632. The summed E-state index contributed by atoms with van der Waals surface area (Å²) in [5, 5.41) is 12.0. The molecule has 5 nitrogen and oxygen atoms in total. The lowest BCUT2D eigenvalue weighted by atomic mass is 10.1. The monoisotopic (exact) mass is 247 g/mol. The zero-order valence-corrected chi connectivity index (χ0v) is 10.6. The van der Waals surface area contributed by atoms with Crippen molar-refractivity contribution in [2.45, 2.75) is 25.7 Å². The first kappa shape index (κ1) is 12.7. The van der Waals surface area contributed by atoms with Gasteiger partial charge in [0, 0.05) is 0 Å². The fraction of sp³-hybridized carbons (Fsp3) is 0.462. The third-order valence-corrected chi connectivity index (χ3v) is 2.80. The molecule has 1 heterocycles. The normalized spacial score (nSPS) is 19.2. The zero-order chi connectivity index (χ0) is 13.2. The van der Waals surface area contributed by atoms with Gasteiger partial charge in [0.05, 0.1) is 42.3 Å². The molecule has 0 amide bonds. The molecule has 96 valence electrons. The van der Waals surface area contributed by atoms with Gasteiger partial charge in [-0.2, -0.15) is 5.26 Å². The van der Waals surface area contributed by atoms with Gasteiger partial charge in [0.25, 0.3) is 0 Å². The van der Waals surface area contributed by atoms with E-state index in [0.717, 1.165) is 5.69 Å². The van der Waals surface area contributed by atoms with Crippen molar-refractivity contribution in [3.05, 3.63) is 23.8 Å². The van der Waals surface area contributed by atoms with Crippen LogP contribution in [-0.2, 0) is 9.47 Å². The molecule has 2 rings (SSSR count). The van der Waals surface area contributed by atoms with Crippen molar-refractivity contribution in [3.63, 3.8) is 0 Å². The zero-order valence-electron chi connectivity index (χ0n) is 10.6. The fourth-order valence-electron chi connectivity index (χ4n) is 1.76. The molecule has 1 aromatic rings. The molecule has 1 saturated heterocycles. The van der Waals surface area contributed by atoms with E-state index in [4.69, 9.17) is 20.5 Å². The van der Waals surface area contributed by atoms with Crippen molar-refractivity contribution in [2.75, 3.05) is 24.3 Å². The highest BCUT2D eigenvalue weighted by Gasteiger charge is 2.28. The number of hydrogen-bond acceptors (Lipinski definition) is 5. The number of nitrogens with two attached hydrogens (primary N) is 1. The average molecular weight is 247 g/mol. The fourth-order valence-corrected chi connectivity index (χ4v) is 1.76. The first-order chi connectivity index (χ1) is 8.50. The second kappa shape index (κ2) is 4.84. The molecule has 1 aliphatic rings. The SMILES string of the molecule is CC1(C)OCC(Nc2ccc(C#N)cc2N)CO1. The van der Waals surface area contributed by atoms with Crippen LogP contribution < -0.4 is 11.1 Å². The maximum absolute atomic E-state index is 8.77. The number of rotatable bonds is 2. The Kier molecular flexibility index (Phi) is 3.41. The van der Waals surface area contributed by atoms with Crippen LogP contribution >= 0.6 is 0 Å². The van der Waals surface area contributed by atoms with Gasteiger partial charge >= 0.3 is 0 Å². The highest BCUT2D eigenvalue weighted by Crippen LogP contribution is 2.23. The van der Waals surface area contributed by atoms with Gasteiger partial charge in [-0.15, -0.1) is 0 Å². The molecule has 18 heavy (non-hydrogen) atoms. The number of benzene rings is 1. The van der Waals surface area contributed by atoms with Crippen molar-refractivity contribution in [3.8, 4) is 6.07 Å². The first-order valence-electron chi connectivity index (χ1n) is 5.84. The van der Waals surface area contributed by atoms with Gasteiger partial charge in [0.1, 0.15) is 0 Å². The number of ether oxygens (including phenoxy) is 2. The van der Waals surface area contributed by atoms with E-state index in [9.17, 15) is 0 Å². The van der Waals surface area contributed by atoms with Gasteiger partial charge in [-0.05, 0) is 32.0 Å².